The van der Waals surface area contributed by atoms with Crippen LogP contribution in [0.2, 0.25) is 0 Å². The van der Waals surface area contributed by atoms with E-state index in [9.17, 15) is 4.79 Å². The molecule has 0 radical (unpaired) electrons. The van der Waals surface area contributed by atoms with Gasteiger partial charge < -0.3 is 16.0 Å². The number of nitrogens with one attached hydrogen (secondary N) is 1. The first-order valence-electron chi connectivity index (χ1n) is 7.03. The maximum atomic E-state index is 12.3. The highest BCUT2D eigenvalue weighted by Crippen LogP contribution is 2.23. The van der Waals surface area contributed by atoms with E-state index in [2.05, 4.69) is 5.32 Å². The summed E-state index contributed by atoms with van der Waals surface area (Å²) in [6, 6.07) is 14.0. The van der Waals surface area contributed by atoms with Crippen LogP contribution < -0.4 is 11.1 Å². The van der Waals surface area contributed by atoms with E-state index < -0.39 is 0 Å². The molecule has 0 aromatic heterocycles. The number of benzene rings is 2. The lowest BCUT2D eigenvalue weighted by Crippen LogP contribution is -2.47. The Kier molecular flexibility index (Phi) is 3.56. The quantitative estimate of drug-likeness (QED) is 0.836. The molecular formula is C16H19N3O. The van der Waals surface area contributed by atoms with E-state index in [1.54, 1.807) is 4.90 Å². The first-order valence-corrected chi connectivity index (χ1v) is 7.03. The second-order valence-corrected chi connectivity index (χ2v) is 5.31. The monoisotopic (exact) mass is 269 g/mol. The Morgan fingerprint density at radius 1 is 1.20 bits per heavy atom. The third-order valence-electron chi connectivity index (χ3n) is 3.78. The normalized spacial score (nSPS) is 19.1. The zero-order valence-electron chi connectivity index (χ0n) is 11.4. The number of carbonyl (C=O) groups excluding carboxylic acids is 1. The highest BCUT2D eigenvalue weighted by Gasteiger charge is 2.21. The van der Waals surface area contributed by atoms with Gasteiger partial charge in [-0.3, -0.25) is 0 Å². The van der Waals surface area contributed by atoms with Crippen LogP contribution in [-0.2, 0) is 0 Å². The average molecular weight is 269 g/mol. The molecule has 3 rings (SSSR count). The van der Waals surface area contributed by atoms with E-state index in [4.69, 9.17) is 5.73 Å². The summed E-state index contributed by atoms with van der Waals surface area (Å²) in [6.07, 6.45) is 1.97. The molecule has 2 aromatic rings. The van der Waals surface area contributed by atoms with Gasteiger partial charge in [0.25, 0.3) is 0 Å². The second kappa shape index (κ2) is 5.51. The van der Waals surface area contributed by atoms with E-state index >= 15 is 0 Å². The molecule has 0 saturated carbocycles. The summed E-state index contributed by atoms with van der Waals surface area (Å²) in [5.41, 5.74) is 6.78. The van der Waals surface area contributed by atoms with Crippen LogP contribution in [-0.4, -0.2) is 30.1 Å². The van der Waals surface area contributed by atoms with Crippen LogP contribution in [0.15, 0.2) is 42.5 Å². The highest BCUT2D eigenvalue weighted by atomic mass is 16.2. The standard InChI is InChI=1S/C16H19N3O/c17-13-7-4-10-19(11-13)16(20)18-15-9-3-6-12-5-1-2-8-14(12)15/h1-3,5-6,8-9,13H,4,7,10-11,17H2,(H,18,20)/t13-/m1/s1. The molecule has 1 heterocycles. The summed E-state index contributed by atoms with van der Waals surface area (Å²) in [6.45, 7) is 1.42. The number of nitrogens with two attached hydrogens (primary N) is 1. The van der Waals surface area contributed by atoms with Crippen molar-refractivity contribution in [2.45, 2.75) is 18.9 Å². The number of urea groups is 1. The zero-order valence-corrected chi connectivity index (χ0v) is 11.4. The van der Waals surface area contributed by atoms with E-state index in [-0.39, 0.29) is 12.1 Å². The maximum Gasteiger partial charge on any atom is 0.321 e. The van der Waals surface area contributed by atoms with Crippen molar-refractivity contribution in [1.82, 2.24) is 4.90 Å². The Hall–Kier alpha value is -2.07. The lowest BCUT2D eigenvalue weighted by Gasteiger charge is -2.30. The summed E-state index contributed by atoms with van der Waals surface area (Å²) < 4.78 is 0. The Balaban J connectivity index is 1.80. The van der Waals surface area contributed by atoms with Crippen LogP contribution in [0.4, 0.5) is 10.5 Å². The predicted octanol–water partition coefficient (Wildman–Crippen LogP) is 2.79. The molecule has 0 spiro atoms. The van der Waals surface area contributed by atoms with Crippen molar-refractivity contribution in [2.24, 2.45) is 5.73 Å². The lowest BCUT2D eigenvalue weighted by molar-refractivity contribution is 0.193. The molecule has 0 bridgehead atoms. The molecule has 1 saturated heterocycles. The number of amides is 2. The fraction of sp³-hybridized carbons (Fsp3) is 0.312. The van der Waals surface area contributed by atoms with E-state index in [1.165, 1.54) is 0 Å². The molecule has 1 fully saturated rings. The maximum absolute atomic E-state index is 12.3. The van der Waals surface area contributed by atoms with Crippen LogP contribution >= 0.6 is 0 Å². The molecule has 20 heavy (non-hydrogen) atoms. The van der Waals surface area contributed by atoms with Gasteiger partial charge in [-0.25, -0.2) is 4.79 Å². The lowest BCUT2D eigenvalue weighted by atomic mass is 10.1. The third-order valence-corrected chi connectivity index (χ3v) is 3.78. The van der Waals surface area contributed by atoms with Gasteiger partial charge in [0.15, 0.2) is 0 Å². The average Bonchev–Trinajstić information content (AvgIpc) is 2.47. The van der Waals surface area contributed by atoms with Gasteiger partial charge in [-0.15, -0.1) is 0 Å². The summed E-state index contributed by atoms with van der Waals surface area (Å²) in [4.78, 5) is 14.1. The SMILES string of the molecule is N[C@@H]1CCCN(C(=O)Nc2cccc3ccccc23)C1. The number of hydrogen-bond donors (Lipinski definition) is 2. The minimum absolute atomic E-state index is 0.0588. The highest BCUT2D eigenvalue weighted by molar-refractivity contribution is 6.01. The van der Waals surface area contributed by atoms with Gasteiger partial charge in [-0.2, -0.15) is 0 Å². The molecular weight excluding hydrogens is 250 g/mol. The number of carbonyl (C=O) groups is 1. The van der Waals surface area contributed by atoms with Crippen LogP contribution in [0.1, 0.15) is 12.8 Å². The minimum atomic E-state index is -0.0588. The van der Waals surface area contributed by atoms with Gasteiger partial charge in [0.1, 0.15) is 0 Å². The molecule has 0 unspecified atom stereocenters. The van der Waals surface area contributed by atoms with Crippen molar-refractivity contribution in [3.8, 4) is 0 Å². The molecule has 0 aliphatic carbocycles. The van der Waals surface area contributed by atoms with E-state index in [0.717, 1.165) is 35.8 Å². The number of rotatable bonds is 1. The van der Waals surface area contributed by atoms with Gasteiger partial charge in [-0.05, 0) is 24.3 Å². The smallest absolute Gasteiger partial charge is 0.321 e. The van der Waals surface area contributed by atoms with Crippen LogP contribution in [0, 0.1) is 0 Å². The molecule has 2 aromatic carbocycles. The van der Waals surface area contributed by atoms with Crippen LogP contribution in [0.25, 0.3) is 10.8 Å². The Labute approximate surface area is 118 Å². The van der Waals surface area contributed by atoms with Gasteiger partial charge in [0.05, 0.1) is 5.69 Å². The summed E-state index contributed by atoms with van der Waals surface area (Å²) >= 11 is 0. The first-order chi connectivity index (χ1) is 9.74. The molecule has 4 heteroatoms. The van der Waals surface area contributed by atoms with Crippen molar-refractivity contribution < 1.29 is 4.79 Å². The fourth-order valence-corrected chi connectivity index (χ4v) is 2.72. The molecule has 3 N–H and O–H groups in total. The Morgan fingerprint density at radius 3 is 2.85 bits per heavy atom. The number of nitrogens with zero attached hydrogens (tertiary/aromatic N) is 1. The second-order valence-electron chi connectivity index (χ2n) is 5.31. The van der Waals surface area contributed by atoms with Crippen molar-refractivity contribution in [3.63, 3.8) is 0 Å². The first kappa shape index (κ1) is 12.9. The van der Waals surface area contributed by atoms with Crippen LogP contribution in [0.5, 0.6) is 0 Å². The number of likely N-dealkylation sites (tertiary alicyclic amines) is 1. The zero-order chi connectivity index (χ0) is 13.9. The molecule has 2 amide bonds. The van der Waals surface area contributed by atoms with Gasteiger partial charge in [0.2, 0.25) is 0 Å². The van der Waals surface area contributed by atoms with Crippen molar-refractivity contribution in [1.29, 1.82) is 0 Å². The molecule has 104 valence electrons. The number of anilines is 1. The van der Waals surface area contributed by atoms with Crippen molar-refractivity contribution >= 4 is 22.5 Å². The predicted molar refractivity (Wildman–Crippen MR) is 81.7 cm³/mol. The molecule has 1 atom stereocenters. The third kappa shape index (κ3) is 2.60. The Morgan fingerprint density at radius 2 is 2.00 bits per heavy atom. The largest absolute Gasteiger partial charge is 0.326 e. The Bertz CT molecular complexity index is 621. The molecule has 4 nitrogen and oxygen atoms in total. The van der Waals surface area contributed by atoms with Gasteiger partial charge in [0, 0.05) is 24.5 Å². The molecule has 1 aliphatic rings. The van der Waals surface area contributed by atoms with Crippen LogP contribution in [0.3, 0.4) is 0 Å². The number of hydrogen-bond acceptors (Lipinski definition) is 2. The topological polar surface area (TPSA) is 58.4 Å². The summed E-state index contributed by atoms with van der Waals surface area (Å²) in [7, 11) is 0. The van der Waals surface area contributed by atoms with E-state index in [0.29, 0.717) is 6.54 Å². The fourth-order valence-electron chi connectivity index (χ4n) is 2.72. The minimum Gasteiger partial charge on any atom is -0.326 e. The van der Waals surface area contributed by atoms with Crippen molar-refractivity contribution in [2.75, 3.05) is 18.4 Å². The number of fused-ring (bicyclic) bond motifs is 1. The number of piperidine rings is 1. The van der Waals surface area contributed by atoms with Crippen molar-refractivity contribution in [3.05, 3.63) is 42.5 Å². The van der Waals surface area contributed by atoms with Gasteiger partial charge in [-0.1, -0.05) is 36.4 Å². The summed E-state index contributed by atoms with van der Waals surface area (Å²) in [5.74, 6) is 0. The molecule has 1 aliphatic heterocycles. The van der Waals surface area contributed by atoms with Gasteiger partial charge >= 0.3 is 6.03 Å². The summed E-state index contributed by atoms with van der Waals surface area (Å²) in [5, 5.41) is 5.19. The van der Waals surface area contributed by atoms with E-state index in [1.807, 2.05) is 42.5 Å².